The molecular formula is C22H34O5. The number of ether oxygens (including phenoxy) is 1. The number of rotatable bonds is 13. The van der Waals surface area contributed by atoms with E-state index in [1.54, 1.807) is 0 Å². The van der Waals surface area contributed by atoms with Gasteiger partial charge in [-0.2, -0.15) is 0 Å². The standard InChI is InChI=1S/C22H34O5/c1-3-5-11-17(23)12-10-14-19-18(20(24)16-21(19)25)13-8-6-7-9-15-22(26)27-4-2/h4,6,8,10,14,17-19,21,23,25H,2-3,5,7,9,11-13,15-16H2,1H3/t17?,18-,19-,21?/m1/s1. The van der Waals surface area contributed by atoms with E-state index < -0.39 is 6.10 Å². The lowest BCUT2D eigenvalue weighted by Crippen LogP contribution is -2.18. The fourth-order valence-corrected chi connectivity index (χ4v) is 3.35. The molecule has 0 aliphatic heterocycles. The summed E-state index contributed by atoms with van der Waals surface area (Å²) < 4.78 is 4.65. The van der Waals surface area contributed by atoms with Crippen LogP contribution in [0.4, 0.5) is 0 Å². The molecule has 2 N–H and O–H groups in total. The summed E-state index contributed by atoms with van der Waals surface area (Å²) in [5, 5.41) is 20.1. The molecule has 2 unspecified atom stereocenters. The van der Waals surface area contributed by atoms with E-state index in [9.17, 15) is 19.8 Å². The first kappa shape index (κ1) is 23.3. The summed E-state index contributed by atoms with van der Waals surface area (Å²) in [4.78, 5) is 23.4. The molecule has 0 saturated heterocycles. The molecule has 1 aliphatic rings. The first-order valence-electron chi connectivity index (χ1n) is 10.0. The third kappa shape index (κ3) is 9.16. The Morgan fingerprint density at radius 1 is 1.33 bits per heavy atom. The predicted molar refractivity (Wildman–Crippen MR) is 106 cm³/mol. The van der Waals surface area contributed by atoms with Gasteiger partial charge in [0.1, 0.15) is 5.78 Å². The van der Waals surface area contributed by atoms with E-state index >= 15 is 0 Å². The molecule has 0 aromatic heterocycles. The van der Waals surface area contributed by atoms with E-state index in [1.807, 2.05) is 24.3 Å². The van der Waals surface area contributed by atoms with Gasteiger partial charge in [0, 0.05) is 24.7 Å². The molecule has 152 valence electrons. The van der Waals surface area contributed by atoms with Crippen LogP contribution in [0, 0.1) is 11.8 Å². The zero-order chi connectivity index (χ0) is 20.1. The van der Waals surface area contributed by atoms with Crippen molar-refractivity contribution in [1.29, 1.82) is 0 Å². The van der Waals surface area contributed by atoms with Crippen molar-refractivity contribution in [3.8, 4) is 0 Å². The maximum absolute atomic E-state index is 12.2. The molecule has 1 aliphatic carbocycles. The van der Waals surface area contributed by atoms with Crippen LogP contribution in [0.2, 0.25) is 0 Å². The molecule has 4 atom stereocenters. The van der Waals surface area contributed by atoms with Crippen LogP contribution in [0.25, 0.3) is 0 Å². The molecule has 5 nitrogen and oxygen atoms in total. The monoisotopic (exact) mass is 378 g/mol. The number of ketones is 1. The molecule has 0 heterocycles. The second-order valence-corrected chi connectivity index (χ2v) is 7.14. The molecular weight excluding hydrogens is 344 g/mol. The van der Waals surface area contributed by atoms with E-state index in [2.05, 4.69) is 18.2 Å². The highest BCUT2D eigenvalue weighted by Crippen LogP contribution is 2.33. The van der Waals surface area contributed by atoms with E-state index in [-0.39, 0.29) is 36.1 Å². The van der Waals surface area contributed by atoms with E-state index in [4.69, 9.17) is 0 Å². The summed E-state index contributed by atoms with van der Waals surface area (Å²) in [6.07, 6.45) is 13.8. The highest BCUT2D eigenvalue weighted by Gasteiger charge is 2.38. The fourth-order valence-electron chi connectivity index (χ4n) is 3.35. The zero-order valence-electron chi connectivity index (χ0n) is 16.4. The quantitative estimate of drug-likeness (QED) is 0.220. The van der Waals surface area contributed by atoms with Crippen LogP contribution in [0.3, 0.4) is 0 Å². The molecule has 1 saturated carbocycles. The molecule has 1 rings (SSSR count). The lowest BCUT2D eigenvalue weighted by molar-refractivity contribution is -0.138. The summed E-state index contributed by atoms with van der Waals surface area (Å²) in [7, 11) is 0. The van der Waals surface area contributed by atoms with Crippen molar-refractivity contribution in [2.45, 2.75) is 76.9 Å². The van der Waals surface area contributed by atoms with Gasteiger partial charge in [-0.3, -0.25) is 9.59 Å². The van der Waals surface area contributed by atoms with E-state index in [0.29, 0.717) is 25.7 Å². The van der Waals surface area contributed by atoms with Crippen molar-refractivity contribution in [3.63, 3.8) is 0 Å². The van der Waals surface area contributed by atoms with Crippen LogP contribution in [0.15, 0.2) is 37.1 Å². The molecule has 27 heavy (non-hydrogen) atoms. The molecule has 0 aromatic carbocycles. The van der Waals surface area contributed by atoms with Gasteiger partial charge in [-0.05, 0) is 32.1 Å². The summed E-state index contributed by atoms with van der Waals surface area (Å²) in [5.74, 6) is -0.615. The third-order valence-corrected chi connectivity index (χ3v) is 4.91. The Bertz CT molecular complexity index is 523. The maximum Gasteiger partial charge on any atom is 0.310 e. The van der Waals surface area contributed by atoms with Gasteiger partial charge in [0.25, 0.3) is 0 Å². The Morgan fingerprint density at radius 3 is 2.81 bits per heavy atom. The van der Waals surface area contributed by atoms with Gasteiger partial charge in [0.05, 0.1) is 18.5 Å². The smallest absolute Gasteiger partial charge is 0.310 e. The van der Waals surface area contributed by atoms with E-state index in [1.165, 1.54) is 0 Å². The zero-order valence-corrected chi connectivity index (χ0v) is 16.4. The van der Waals surface area contributed by atoms with Gasteiger partial charge in [-0.15, -0.1) is 0 Å². The first-order chi connectivity index (χ1) is 13.0. The predicted octanol–water partition coefficient (Wildman–Crippen LogP) is 3.85. The van der Waals surface area contributed by atoms with Crippen molar-refractivity contribution in [3.05, 3.63) is 37.1 Å². The third-order valence-electron chi connectivity index (χ3n) is 4.91. The molecule has 0 spiro atoms. The SMILES string of the molecule is C=COC(=O)CCCC=CC[C@H]1C(=O)CC(O)[C@@H]1C=CCC(O)CCCC. The van der Waals surface area contributed by atoms with Gasteiger partial charge in [-0.1, -0.05) is 50.6 Å². The Hall–Kier alpha value is -1.72. The maximum atomic E-state index is 12.2. The number of carbonyl (C=O) groups is 2. The minimum atomic E-state index is -0.645. The lowest BCUT2D eigenvalue weighted by atomic mass is 9.90. The minimum absolute atomic E-state index is 0.0860. The molecule has 0 radical (unpaired) electrons. The molecule has 5 heteroatoms. The summed E-state index contributed by atoms with van der Waals surface area (Å²) in [6, 6.07) is 0. The Labute approximate surface area is 162 Å². The van der Waals surface area contributed by atoms with Crippen LogP contribution < -0.4 is 0 Å². The molecule has 0 aromatic rings. The van der Waals surface area contributed by atoms with Crippen LogP contribution in [-0.4, -0.2) is 34.2 Å². The second kappa shape index (κ2) is 13.4. The number of carbonyl (C=O) groups excluding carboxylic acids is 2. The van der Waals surface area contributed by atoms with Crippen molar-refractivity contribution < 1.29 is 24.5 Å². The van der Waals surface area contributed by atoms with E-state index in [0.717, 1.165) is 31.9 Å². The van der Waals surface area contributed by atoms with Gasteiger partial charge < -0.3 is 14.9 Å². The fraction of sp³-hybridized carbons (Fsp3) is 0.636. The molecule has 0 amide bonds. The largest absolute Gasteiger partial charge is 0.435 e. The highest BCUT2D eigenvalue weighted by molar-refractivity contribution is 5.84. The summed E-state index contributed by atoms with van der Waals surface area (Å²) in [5.41, 5.74) is 0. The van der Waals surface area contributed by atoms with Crippen LogP contribution in [0.5, 0.6) is 0 Å². The van der Waals surface area contributed by atoms with Crippen LogP contribution in [0.1, 0.15) is 64.7 Å². The number of Topliss-reactive ketones (excluding diaryl/α,β-unsaturated/α-hetero) is 1. The summed E-state index contributed by atoms with van der Waals surface area (Å²) in [6.45, 7) is 5.43. The number of aliphatic hydroxyl groups excluding tert-OH is 2. The second-order valence-electron chi connectivity index (χ2n) is 7.14. The Balaban J connectivity index is 2.42. The number of unbranched alkanes of at least 4 members (excludes halogenated alkanes) is 2. The normalized spacial score (nSPS) is 24.0. The van der Waals surface area contributed by atoms with Crippen LogP contribution >= 0.6 is 0 Å². The molecule has 0 bridgehead atoms. The molecule has 1 fully saturated rings. The highest BCUT2D eigenvalue weighted by atomic mass is 16.5. The van der Waals surface area contributed by atoms with Gasteiger partial charge in [0.2, 0.25) is 0 Å². The van der Waals surface area contributed by atoms with Gasteiger partial charge >= 0.3 is 5.97 Å². The minimum Gasteiger partial charge on any atom is -0.435 e. The van der Waals surface area contributed by atoms with Crippen molar-refractivity contribution in [2.24, 2.45) is 11.8 Å². The first-order valence-corrected chi connectivity index (χ1v) is 10.0. The number of hydrogen-bond acceptors (Lipinski definition) is 5. The average molecular weight is 379 g/mol. The number of allylic oxidation sites excluding steroid dienone is 2. The average Bonchev–Trinajstić information content (AvgIpc) is 2.89. The Morgan fingerprint density at radius 2 is 2.11 bits per heavy atom. The van der Waals surface area contributed by atoms with Crippen LogP contribution in [-0.2, 0) is 14.3 Å². The summed E-state index contributed by atoms with van der Waals surface area (Å²) >= 11 is 0. The van der Waals surface area contributed by atoms with Crippen molar-refractivity contribution in [1.82, 2.24) is 0 Å². The number of hydrogen-bond donors (Lipinski definition) is 2. The lowest BCUT2D eigenvalue weighted by Gasteiger charge is -2.16. The topological polar surface area (TPSA) is 83.8 Å². The van der Waals surface area contributed by atoms with Crippen molar-refractivity contribution >= 4 is 11.8 Å². The van der Waals surface area contributed by atoms with Gasteiger partial charge in [0.15, 0.2) is 0 Å². The number of aliphatic hydroxyl groups is 2. The Kier molecular flexibility index (Phi) is 11.6. The number of esters is 1. The van der Waals surface area contributed by atoms with Gasteiger partial charge in [-0.25, -0.2) is 0 Å². The van der Waals surface area contributed by atoms with Crippen molar-refractivity contribution in [2.75, 3.05) is 0 Å².